The van der Waals surface area contributed by atoms with Gasteiger partial charge in [0.15, 0.2) is 0 Å². The summed E-state index contributed by atoms with van der Waals surface area (Å²) in [5.41, 5.74) is 4.57. The van der Waals surface area contributed by atoms with Crippen molar-refractivity contribution in [2.45, 2.75) is 32.7 Å². The highest BCUT2D eigenvalue weighted by Gasteiger charge is 2.32. The number of carboxylic acid groups (broad SMARTS) is 1. The van der Waals surface area contributed by atoms with Crippen molar-refractivity contribution in [1.29, 1.82) is 0 Å². The van der Waals surface area contributed by atoms with E-state index in [0.29, 0.717) is 6.54 Å². The van der Waals surface area contributed by atoms with Gasteiger partial charge >= 0.3 is 5.97 Å². The van der Waals surface area contributed by atoms with E-state index in [1.54, 1.807) is 14.2 Å². The summed E-state index contributed by atoms with van der Waals surface area (Å²) >= 11 is 0. The molecular weight excluding hydrogens is 354 g/mol. The summed E-state index contributed by atoms with van der Waals surface area (Å²) in [4.78, 5) is 13.9. The maximum absolute atomic E-state index is 11.6. The first kappa shape index (κ1) is 20.2. The van der Waals surface area contributed by atoms with Crippen LogP contribution in [0.2, 0.25) is 0 Å². The number of benzene rings is 2. The lowest BCUT2D eigenvalue weighted by Gasteiger charge is -2.38. The van der Waals surface area contributed by atoms with Gasteiger partial charge < -0.3 is 14.6 Å². The fourth-order valence-corrected chi connectivity index (χ4v) is 4.24. The van der Waals surface area contributed by atoms with Gasteiger partial charge in [-0.3, -0.25) is 9.69 Å². The minimum atomic E-state index is -0.717. The highest BCUT2D eigenvalue weighted by molar-refractivity contribution is 5.70. The number of aryl methyl sites for hydroxylation is 2. The Morgan fingerprint density at radius 2 is 1.82 bits per heavy atom. The molecule has 1 aliphatic heterocycles. The molecule has 0 aromatic heterocycles. The Kier molecular flexibility index (Phi) is 6.25. The molecule has 0 amide bonds. The number of nitrogens with zero attached hydrogens (tertiary/aromatic N) is 1. The van der Waals surface area contributed by atoms with Crippen LogP contribution < -0.4 is 9.47 Å². The number of hydrogen-bond donors (Lipinski definition) is 1. The van der Waals surface area contributed by atoms with E-state index in [4.69, 9.17) is 9.47 Å². The second-order valence-electron chi connectivity index (χ2n) is 7.60. The van der Waals surface area contributed by atoms with E-state index in [1.165, 1.54) is 11.1 Å². The number of methoxy groups -OCH3 is 2. The largest absolute Gasteiger partial charge is 0.497 e. The van der Waals surface area contributed by atoms with Crippen LogP contribution in [-0.4, -0.2) is 43.3 Å². The molecule has 2 aromatic carbocycles. The van der Waals surface area contributed by atoms with Crippen LogP contribution in [-0.2, 0) is 4.79 Å². The smallest absolute Gasteiger partial charge is 0.307 e. The summed E-state index contributed by atoms with van der Waals surface area (Å²) in [5.74, 6) is 0.430. The van der Waals surface area contributed by atoms with Crippen LogP contribution in [0.3, 0.4) is 0 Å². The SMILES string of the molecule is COc1ccc(C(c2cc(C)cc(C)c2)N2CCCC(C(=O)O)C2)c(OC)c1. The molecule has 5 heteroatoms. The van der Waals surface area contributed by atoms with Gasteiger partial charge in [0.2, 0.25) is 0 Å². The topological polar surface area (TPSA) is 59.0 Å². The molecule has 0 aliphatic carbocycles. The summed E-state index contributed by atoms with van der Waals surface area (Å²) in [5, 5.41) is 9.57. The Morgan fingerprint density at radius 3 is 2.43 bits per heavy atom. The predicted molar refractivity (Wildman–Crippen MR) is 109 cm³/mol. The van der Waals surface area contributed by atoms with Gasteiger partial charge in [-0.05, 0) is 50.9 Å². The van der Waals surface area contributed by atoms with Gasteiger partial charge in [0.05, 0.1) is 26.2 Å². The fraction of sp³-hybridized carbons (Fsp3) is 0.435. The van der Waals surface area contributed by atoms with Crippen molar-refractivity contribution in [3.05, 3.63) is 58.7 Å². The van der Waals surface area contributed by atoms with Gasteiger partial charge in [0.1, 0.15) is 11.5 Å². The molecule has 1 fully saturated rings. The second-order valence-corrected chi connectivity index (χ2v) is 7.60. The van der Waals surface area contributed by atoms with E-state index in [-0.39, 0.29) is 12.0 Å². The third-order valence-corrected chi connectivity index (χ3v) is 5.46. The van der Waals surface area contributed by atoms with E-state index in [2.05, 4.69) is 36.9 Å². The highest BCUT2D eigenvalue weighted by Crippen LogP contribution is 2.39. The number of ether oxygens (including phenoxy) is 2. The number of aliphatic carboxylic acids is 1. The van der Waals surface area contributed by atoms with Gasteiger partial charge in [-0.1, -0.05) is 29.3 Å². The van der Waals surface area contributed by atoms with Crippen LogP contribution in [0, 0.1) is 19.8 Å². The molecule has 3 rings (SSSR count). The zero-order chi connectivity index (χ0) is 20.3. The first-order chi connectivity index (χ1) is 13.4. The molecule has 1 aliphatic rings. The van der Waals surface area contributed by atoms with Crippen molar-refractivity contribution in [1.82, 2.24) is 4.90 Å². The lowest BCUT2D eigenvalue weighted by atomic mass is 9.89. The van der Waals surface area contributed by atoms with Gasteiger partial charge in [-0.15, -0.1) is 0 Å². The van der Waals surface area contributed by atoms with Crippen LogP contribution in [0.25, 0.3) is 0 Å². The van der Waals surface area contributed by atoms with Gasteiger partial charge in [0, 0.05) is 18.2 Å². The van der Waals surface area contributed by atoms with E-state index < -0.39 is 5.97 Å². The molecule has 2 aromatic rings. The summed E-state index contributed by atoms with van der Waals surface area (Å²) in [7, 11) is 3.30. The second kappa shape index (κ2) is 8.65. The number of carboxylic acids is 1. The van der Waals surface area contributed by atoms with Gasteiger partial charge in [-0.2, -0.15) is 0 Å². The van der Waals surface area contributed by atoms with Crippen LogP contribution in [0.15, 0.2) is 36.4 Å². The zero-order valence-corrected chi connectivity index (χ0v) is 17.1. The third-order valence-electron chi connectivity index (χ3n) is 5.46. The molecule has 1 heterocycles. The van der Waals surface area contributed by atoms with Crippen molar-refractivity contribution >= 4 is 5.97 Å². The molecule has 0 bridgehead atoms. The van der Waals surface area contributed by atoms with E-state index in [0.717, 1.165) is 42.0 Å². The average Bonchev–Trinajstić information content (AvgIpc) is 2.68. The van der Waals surface area contributed by atoms with E-state index in [9.17, 15) is 9.90 Å². The lowest BCUT2D eigenvalue weighted by molar-refractivity contribution is -0.143. The molecule has 1 N–H and O–H groups in total. The Labute approximate surface area is 166 Å². The molecule has 0 saturated carbocycles. The monoisotopic (exact) mass is 383 g/mol. The Balaban J connectivity index is 2.11. The maximum Gasteiger partial charge on any atom is 0.307 e. The minimum Gasteiger partial charge on any atom is -0.497 e. The first-order valence-corrected chi connectivity index (χ1v) is 9.70. The van der Waals surface area contributed by atoms with Crippen molar-refractivity contribution in [3.8, 4) is 11.5 Å². The van der Waals surface area contributed by atoms with Crippen LogP contribution in [0.1, 0.15) is 41.1 Å². The van der Waals surface area contributed by atoms with Crippen molar-refractivity contribution < 1.29 is 19.4 Å². The molecule has 0 spiro atoms. The Bertz CT molecular complexity index is 828. The van der Waals surface area contributed by atoms with Crippen molar-refractivity contribution in [3.63, 3.8) is 0 Å². The standard InChI is InChI=1S/C23H29NO4/c1-15-10-16(2)12-18(11-15)22(24-9-5-6-17(14-24)23(25)26)20-8-7-19(27-3)13-21(20)28-4/h7-8,10-13,17,22H,5-6,9,14H2,1-4H3,(H,25,26). The van der Waals surface area contributed by atoms with Gasteiger partial charge in [0.25, 0.3) is 0 Å². The van der Waals surface area contributed by atoms with Crippen molar-refractivity contribution in [2.75, 3.05) is 27.3 Å². The van der Waals surface area contributed by atoms with E-state index >= 15 is 0 Å². The number of rotatable bonds is 6. The quantitative estimate of drug-likeness (QED) is 0.810. The number of carbonyl (C=O) groups is 1. The first-order valence-electron chi connectivity index (χ1n) is 9.70. The predicted octanol–water partition coefficient (Wildman–Crippen LogP) is 4.21. The molecular formula is C23H29NO4. The van der Waals surface area contributed by atoms with Crippen LogP contribution in [0.5, 0.6) is 11.5 Å². The molecule has 2 unspecified atom stereocenters. The fourth-order valence-electron chi connectivity index (χ4n) is 4.24. The molecule has 5 nitrogen and oxygen atoms in total. The van der Waals surface area contributed by atoms with Gasteiger partial charge in [-0.25, -0.2) is 0 Å². The van der Waals surface area contributed by atoms with Crippen LogP contribution >= 0.6 is 0 Å². The summed E-state index contributed by atoms with van der Waals surface area (Å²) in [6.45, 7) is 5.57. The van der Waals surface area contributed by atoms with Crippen LogP contribution in [0.4, 0.5) is 0 Å². The maximum atomic E-state index is 11.6. The summed E-state index contributed by atoms with van der Waals surface area (Å²) < 4.78 is 11.1. The minimum absolute atomic E-state index is 0.0680. The summed E-state index contributed by atoms with van der Waals surface area (Å²) in [6, 6.07) is 12.3. The molecule has 1 saturated heterocycles. The lowest BCUT2D eigenvalue weighted by Crippen LogP contribution is -2.41. The average molecular weight is 383 g/mol. The number of hydrogen-bond acceptors (Lipinski definition) is 4. The molecule has 150 valence electrons. The third kappa shape index (κ3) is 4.30. The molecule has 2 atom stereocenters. The summed E-state index contributed by atoms with van der Waals surface area (Å²) in [6.07, 6.45) is 1.60. The molecule has 28 heavy (non-hydrogen) atoms. The zero-order valence-electron chi connectivity index (χ0n) is 17.1. The Hall–Kier alpha value is -2.53. The number of piperidine rings is 1. The highest BCUT2D eigenvalue weighted by atomic mass is 16.5. The van der Waals surface area contributed by atoms with Crippen molar-refractivity contribution in [2.24, 2.45) is 5.92 Å². The number of likely N-dealkylation sites (tertiary alicyclic amines) is 1. The normalized spacial score (nSPS) is 18.5. The van der Waals surface area contributed by atoms with E-state index in [1.807, 2.05) is 18.2 Å². The molecule has 0 radical (unpaired) electrons. The Morgan fingerprint density at radius 1 is 1.11 bits per heavy atom.